The molecular weight excluding hydrogens is 286 g/mol. The molecule has 1 rings (SSSR count). The van der Waals surface area contributed by atoms with E-state index in [0.717, 1.165) is 18.0 Å². The Bertz CT molecular complexity index is 502. The summed E-state index contributed by atoms with van der Waals surface area (Å²) in [5.74, 6) is -2.97. The van der Waals surface area contributed by atoms with Gasteiger partial charge in [-0.15, -0.1) is 5.10 Å². The largest absolute Gasteiger partial charge is 0.481 e. The van der Waals surface area contributed by atoms with Crippen LogP contribution < -0.4 is 5.32 Å². The second kappa shape index (κ2) is 7.53. The predicted octanol–water partition coefficient (Wildman–Crippen LogP) is 0.538. The summed E-state index contributed by atoms with van der Waals surface area (Å²) in [5, 5.41) is 23.6. The van der Waals surface area contributed by atoms with Gasteiger partial charge in [0.1, 0.15) is 10.9 Å². The minimum Gasteiger partial charge on any atom is -0.481 e. The molecule has 1 aromatic heterocycles. The third-order valence-electron chi connectivity index (χ3n) is 2.50. The maximum Gasteiger partial charge on any atom is 0.326 e. The highest BCUT2D eigenvalue weighted by atomic mass is 32.1. The van der Waals surface area contributed by atoms with E-state index in [1.54, 1.807) is 0 Å². The summed E-state index contributed by atoms with van der Waals surface area (Å²) in [6.45, 7) is 1.92. The van der Waals surface area contributed by atoms with E-state index in [4.69, 9.17) is 10.2 Å². The first-order chi connectivity index (χ1) is 9.45. The summed E-state index contributed by atoms with van der Waals surface area (Å²) in [7, 11) is 0. The predicted molar refractivity (Wildman–Crippen MR) is 69.7 cm³/mol. The molecule has 1 unspecified atom stereocenters. The van der Waals surface area contributed by atoms with Crippen LogP contribution in [0.1, 0.15) is 41.6 Å². The lowest BCUT2D eigenvalue weighted by Gasteiger charge is -2.12. The van der Waals surface area contributed by atoms with E-state index in [-0.39, 0.29) is 17.7 Å². The monoisotopic (exact) mass is 301 g/mol. The molecule has 0 aliphatic rings. The molecule has 110 valence electrons. The van der Waals surface area contributed by atoms with Crippen molar-refractivity contribution in [2.45, 2.75) is 38.6 Å². The third kappa shape index (κ3) is 4.57. The van der Waals surface area contributed by atoms with E-state index in [1.165, 1.54) is 0 Å². The fraction of sp³-hybridized carbons (Fsp3) is 0.545. The molecule has 1 heterocycles. The molecule has 3 N–H and O–H groups in total. The number of carbonyl (C=O) groups excluding carboxylic acids is 1. The Morgan fingerprint density at radius 2 is 2.05 bits per heavy atom. The number of rotatable bonds is 8. The first kappa shape index (κ1) is 16.0. The SMILES string of the molecule is CCCc1nnsc1C(=O)NC(CCC(=O)O)C(=O)O. The van der Waals surface area contributed by atoms with Gasteiger partial charge in [0.15, 0.2) is 0 Å². The van der Waals surface area contributed by atoms with Crippen LogP contribution in [0, 0.1) is 0 Å². The van der Waals surface area contributed by atoms with Gasteiger partial charge in [-0.05, 0) is 24.4 Å². The molecule has 1 amide bonds. The summed E-state index contributed by atoms with van der Waals surface area (Å²) < 4.78 is 3.68. The Balaban J connectivity index is 2.72. The summed E-state index contributed by atoms with van der Waals surface area (Å²) in [6, 6.07) is -1.24. The van der Waals surface area contributed by atoms with E-state index >= 15 is 0 Å². The van der Waals surface area contributed by atoms with Crippen LogP contribution in [0.25, 0.3) is 0 Å². The lowest BCUT2D eigenvalue weighted by molar-refractivity contribution is -0.140. The normalized spacial score (nSPS) is 11.8. The number of nitrogens with zero attached hydrogens (tertiary/aromatic N) is 2. The maximum atomic E-state index is 12.0. The summed E-state index contributed by atoms with van der Waals surface area (Å²) >= 11 is 0.893. The molecule has 0 fully saturated rings. The summed E-state index contributed by atoms with van der Waals surface area (Å²) in [5.41, 5.74) is 0.525. The second-order valence-electron chi connectivity index (χ2n) is 4.10. The van der Waals surface area contributed by atoms with Gasteiger partial charge in [0.25, 0.3) is 5.91 Å². The van der Waals surface area contributed by atoms with Gasteiger partial charge in [-0.3, -0.25) is 9.59 Å². The molecular formula is C11H15N3O5S. The minimum atomic E-state index is -1.27. The number of carboxylic acid groups (broad SMARTS) is 2. The van der Waals surface area contributed by atoms with Crippen molar-refractivity contribution in [1.82, 2.24) is 14.9 Å². The van der Waals surface area contributed by atoms with Crippen LogP contribution in [-0.4, -0.2) is 43.7 Å². The van der Waals surface area contributed by atoms with Crippen molar-refractivity contribution in [3.05, 3.63) is 10.6 Å². The number of amides is 1. The molecule has 1 aromatic rings. The molecule has 0 radical (unpaired) electrons. The van der Waals surface area contributed by atoms with Crippen molar-refractivity contribution in [2.75, 3.05) is 0 Å². The number of aryl methyl sites for hydroxylation is 1. The number of nitrogens with one attached hydrogen (secondary N) is 1. The zero-order valence-corrected chi connectivity index (χ0v) is 11.6. The van der Waals surface area contributed by atoms with Crippen molar-refractivity contribution < 1.29 is 24.6 Å². The highest BCUT2D eigenvalue weighted by molar-refractivity contribution is 7.08. The van der Waals surface area contributed by atoms with Crippen LogP contribution >= 0.6 is 11.5 Å². The van der Waals surface area contributed by atoms with Crippen molar-refractivity contribution >= 4 is 29.4 Å². The minimum absolute atomic E-state index is 0.175. The van der Waals surface area contributed by atoms with Gasteiger partial charge in [0, 0.05) is 6.42 Å². The van der Waals surface area contributed by atoms with Crippen LogP contribution in [0.15, 0.2) is 0 Å². The zero-order chi connectivity index (χ0) is 15.1. The van der Waals surface area contributed by atoms with E-state index in [0.29, 0.717) is 12.1 Å². The third-order valence-corrected chi connectivity index (χ3v) is 3.27. The maximum absolute atomic E-state index is 12.0. The van der Waals surface area contributed by atoms with Crippen LogP contribution in [0.3, 0.4) is 0 Å². The Kier molecular flexibility index (Phi) is 6.04. The molecule has 0 saturated heterocycles. The fourth-order valence-electron chi connectivity index (χ4n) is 1.53. The summed E-state index contributed by atoms with van der Waals surface area (Å²) in [4.78, 5) is 33.7. The standard InChI is InChI=1S/C11H15N3O5S/c1-2-3-6-9(20-14-13-6)10(17)12-7(11(18)19)4-5-8(15)16/h7H,2-5H2,1H3,(H,12,17)(H,15,16)(H,18,19). The van der Waals surface area contributed by atoms with Crippen LogP contribution in [0.5, 0.6) is 0 Å². The quantitative estimate of drug-likeness (QED) is 0.638. The second-order valence-corrected chi connectivity index (χ2v) is 4.85. The zero-order valence-electron chi connectivity index (χ0n) is 10.8. The lowest BCUT2D eigenvalue weighted by atomic mass is 10.1. The van der Waals surface area contributed by atoms with Gasteiger partial charge in [0.2, 0.25) is 0 Å². The molecule has 20 heavy (non-hydrogen) atoms. The molecule has 0 aromatic carbocycles. The van der Waals surface area contributed by atoms with Gasteiger partial charge in [-0.25, -0.2) is 4.79 Å². The van der Waals surface area contributed by atoms with Gasteiger partial charge in [-0.2, -0.15) is 0 Å². The topological polar surface area (TPSA) is 129 Å². The van der Waals surface area contributed by atoms with E-state index in [1.807, 2.05) is 6.92 Å². The molecule has 1 atom stereocenters. The number of aromatic nitrogens is 2. The van der Waals surface area contributed by atoms with Gasteiger partial charge in [-0.1, -0.05) is 17.8 Å². The van der Waals surface area contributed by atoms with Crippen molar-refractivity contribution in [3.63, 3.8) is 0 Å². The Hall–Kier alpha value is -2.03. The van der Waals surface area contributed by atoms with Crippen LogP contribution in [-0.2, 0) is 16.0 Å². The smallest absolute Gasteiger partial charge is 0.326 e. The molecule has 0 aliphatic heterocycles. The number of carbonyl (C=O) groups is 3. The molecule has 8 nitrogen and oxygen atoms in total. The molecule has 0 saturated carbocycles. The lowest BCUT2D eigenvalue weighted by Crippen LogP contribution is -2.41. The highest BCUT2D eigenvalue weighted by Crippen LogP contribution is 2.13. The Labute approximate surface area is 119 Å². The fourth-order valence-corrected chi connectivity index (χ4v) is 2.14. The van der Waals surface area contributed by atoms with Gasteiger partial charge in [0.05, 0.1) is 5.69 Å². The van der Waals surface area contributed by atoms with E-state index in [2.05, 4.69) is 14.9 Å². The number of aliphatic carboxylic acids is 2. The van der Waals surface area contributed by atoms with E-state index < -0.39 is 23.9 Å². The summed E-state index contributed by atoms with van der Waals surface area (Å²) in [6.07, 6.45) is 0.852. The molecule has 0 bridgehead atoms. The van der Waals surface area contributed by atoms with Crippen LogP contribution in [0.4, 0.5) is 0 Å². The van der Waals surface area contributed by atoms with E-state index in [9.17, 15) is 14.4 Å². The Morgan fingerprint density at radius 1 is 1.35 bits per heavy atom. The number of hydrogen-bond donors (Lipinski definition) is 3. The van der Waals surface area contributed by atoms with Gasteiger partial charge >= 0.3 is 11.9 Å². The first-order valence-corrected chi connectivity index (χ1v) is 6.79. The first-order valence-electron chi connectivity index (χ1n) is 6.02. The van der Waals surface area contributed by atoms with Crippen molar-refractivity contribution in [1.29, 1.82) is 0 Å². The van der Waals surface area contributed by atoms with Crippen molar-refractivity contribution in [3.8, 4) is 0 Å². The molecule has 9 heteroatoms. The van der Waals surface area contributed by atoms with Gasteiger partial charge < -0.3 is 15.5 Å². The average Bonchev–Trinajstić information content (AvgIpc) is 2.82. The average molecular weight is 301 g/mol. The Morgan fingerprint density at radius 3 is 2.60 bits per heavy atom. The number of hydrogen-bond acceptors (Lipinski definition) is 6. The van der Waals surface area contributed by atoms with Crippen LogP contribution in [0.2, 0.25) is 0 Å². The molecule has 0 spiro atoms. The molecule has 0 aliphatic carbocycles. The highest BCUT2D eigenvalue weighted by Gasteiger charge is 2.24. The van der Waals surface area contributed by atoms with Crippen molar-refractivity contribution in [2.24, 2.45) is 0 Å². The number of carboxylic acids is 2.